The summed E-state index contributed by atoms with van der Waals surface area (Å²) in [5.74, 6) is 1.02. The Morgan fingerprint density at radius 3 is 2.39 bits per heavy atom. The highest BCUT2D eigenvalue weighted by atomic mass is 19.1. The standard InChI is InChI=1S/C21H23FN6/c1-14-2-8-17(9-3-14)24-21-26-19(25-20(23)27-21)13-28(18-10-11-18)12-15-4-6-16(22)7-5-15/h2-9,18H,10-13H2,1H3,(H3,23,24,25,26,27). The Labute approximate surface area is 163 Å². The topological polar surface area (TPSA) is 80.0 Å². The zero-order valence-corrected chi connectivity index (χ0v) is 15.8. The van der Waals surface area contributed by atoms with E-state index < -0.39 is 0 Å². The Hall–Kier alpha value is -3.06. The molecule has 0 amide bonds. The number of nitrogens with zero attached hydrogens (tertiary/aromatic N) is 4. The molecule has 2 aromatic carbocycles. The number of aryl methyl sites for hydroxylation is 1. The lowest BCUT2D eigenvalue weighted by atomic mass is 10.2. The van der Waals surface area contributed by atoms with Gasteiger partial charge in [-0.3, -0.25) is 4.90 Å². The first-order valence-electron chi connectivity index (χ1n) is 9.38. The lowest BCUT2D eigenvalue weighted by Crippen LogP contribution is -2.26. The van der Waals surface area contributed by atoms with E-state index in [2.05, 4.69) is 25.2 Å². The van der Waals surface area contributed by atoms with Crippen LogP contribution in [0, 0.1) is 12.7 Å². The van der Waals surface area contributed by atoms with Gasteiger partial charge >= 0.3 is 0 Å². The van der Waals surface area contributed by atoms with Crippen LogP contribution in [0.25, 0.3) is 0 Å². The van der Waals surface area contributed by atoms with Gasteiger partial charge in [-0.25, -0.2) is 4.39 Å². The van der Waals surface area contributed by atoms with Crippen LogP contribution in [0.3, 0.4) is 0 Å². The number of nitrogens with one attached hydrogen (secondary N) is 1. The molecule has 6 nitrogen and oxygen atoms in total. The molecular weight excluding hydrogens is 355 g/mol. The predicted molar refractivity (Wildman–Crippen MR) is 107 cm³/mol. The Bertz CT molecular complexity index is 938. The molecule has 28 heavy (non-hydrogen) atoms. The SMILES string of the molecule is Cc1ccc(Nc2nc(N)nc(CN(Cc3ccc(F)cc3)C3CC3)n2)cc1. The van der Waals surface area contributed by atoms with Crippen molar-refractivity contribution in [3.8, 4) is 0 Å². The number of nitrogens with two attached hydrogens (primary N) is 1. The van der Waals surface area contributed by atoms with Crippen molar-refractivity contribution in [3.63, 3.8) is 0 Å². The maximum Gasteiger partial charge on any atom is 0.232 e. The molecule has 1 fully saturated rings. The third kappa shape index (κ3) is 4.80. The lowest BCUT2D eigenvalue weighted by Gasteiger charge is -2.21. The molecule has 1 aliphatic carbocycles. The van der Waals surface area contributed by atoms with Gasteiger partial charge in [0, 0.05) is 18.3 Å². The van der Waals surface area contributed by atoms with Crippen molar-refractivity contribution in [3.05, 3.63) is 71.3 Å². The summed E-state index contributed by atoms with van der Waals surface area (Å²) in [4.78, 5) is 15.4. The van der Waals surface area contributed by atoms with Crippen molar-refractivity contribution in [2.75, 3.05) is 11.1 Å². The van der Waals surface area contributed by atoms with Crippen molar-refractivity contribution >= 4 is 17.6 Å². The lowest BCUT2D eigenvalue weighted by molar-refractivity contribution is 0.239. The second-order valence-electron chi connectivity index (χ2n) is 7.19. The fraction of sp³-hybridized carbons (Fsp3) is 0.286. The monoisotopic (exact) mass is 378 g/mol. The Morgan fingerprint density at radius 2 is 1.71 bits per heavy atom. The van der Waals surface area contributed by atoms with Crippen LogP contribution in [0.15, 0.2) is 48.5 Å². The Morgan fingerprint density at radius 1 is 1.00 bits per heavy atom. The van der Waals surface area contributed by atoms with Gasteiger partial charge < -0.3 is 11.1 Å². The van der Waals surface area contributed by atoms with E-state index >= 15 is 0 Å². The highest BCUT2D eigenvalue weighted by Gasteiger charge is 2.29. The van der Waals surface area contributed by atoms with Crippen molar-refractivity contribution in [2.24, 2.45) is 0 Å². The van der Waals surface area contributed by atoms with Gasteiger partial charge in [0.25, 0.3) is 0 Å². The van der Waals surface area contributed by atoms with Crippen molar-refractivity contribution in [1.82, 2.24) is 19.9 Å². The zero-order valence-electron chi connectivity index (χ0n) is 15.8. The summed E-state index contributed by atoms with van der Waals surface area (Å²) in [7, 11) is 0. The fourth-order valence-electron chi connectivity index (χ4n) is 3.09. The van der Waals surface area contributed by atoms with Gasteiger partial charge in [-0.15, -0.1) is 0 Å². The molecule has 1 aromatic heterocycles. The van der Waals surface area contributed by atoms with Crippen LogP contribution in [0.5, 0.6) is 0 Å². The quantitative estimate of drug-likeness (QED) is 0.651. The van der Waals surface area contributed by atoms with E-state index in [0.717, 1.165) is 30.6 Å². The van der Waals surface area contributed by atoms with Gasteiger partial charge in [-0.1, -0.05) is 29.8 Å². The van der Waals surface area contributed by atoms with E-state index in [1.165, 1.54) is 17.7 Å². The molecule has 7 heteroatoms. The number of halogens is 1. The predicted octanol–water partition coefficient (Wildman–Crippen LogP) is 3.81. The molecule has 144 valence electrons. The molecule has 0 unspecified atom stereocenters. The van der Waals surface area contributed by atoms with Gasteiger partial charge in [0.15, 0.2) is 0 Å². The molecule has 0 spiro atoms. The van der Waals surface area contributed by atoms with Crippen LogP contribution in [0.1, 0.15) is 29.8 Å². The summed E-state index contributed by atoms with van der Waals surface area (Å²) in [5, 5.41) is 3.18. The van der Waals surface area contributed by atoms with E-state index in [-0.39, 0.29) is 11.8 Å². The smallest absolute Gasteiger partial charge is 0.232 e. The second-order valence-corrected chi connectivity index (χ2v) is 7.19. The molecule has 0 atom stereocenters. The van der Waals surface area contributed by atoms with Crippen LogP contribution in [0.2, 0.25) is 0 Å². The maximum atomic E-state index is 13.2. The normalized spacial score (nSPS) is 13.7. The molecule has 0 radical (unpaired) electrons. The van der Waals surface area contributed by atoms with Crippen molar-refractivity contribution < 1.29 is 4.39 Å². The number of hydrogen-bond acceptors (Lipinski definition) is 6. The van der Waals surface area contributed by atoms with Gasteiger partial charge in [0.2, 0.25) is 11.9 Å². The van der Waals surface area contributed by atoms with Crippen LogP contribution in [-0.2, 0) is 13.1 Å². The Balaban J connectivity index is 1.49. The molecule has 3 N–H and O–H groups in total. The first kappa shape index (κ1) is 18.3. The molecule has 1 aliphatic rings. The number of anilines is 3. The van der Waals surface area contributed by atoms with E-state index in [9.17, 15) is 4.39 Å². The third-order valence-electron chi connectivity index (χ3n) is 4.71. The molecule has 4 rings (SSSR count). The largest absolute Gasteiger partial charge is 0.368 e. The van der Waals surface area contributed by atoms with Crippen LogP contribution >= 0.6 is 0 Å². The summed E-state index contributed by atoms with van der Waals surface area (Å²) < 4.78 is 13.2. The highest BCUT2D eigenvalue weighted by molar-refractivity contribution is 5.54. The minimum Gasteiger partial charge on any atom is -0.368 e. The second kappa shape index (κ2) is 7.90. The first-order chi connectivity index (χ1) is 13.5. The summed E-state index contributed by atoms with van der Waals surface area (Å²) in [6.45, 7) is 3.32. The van der Waals surface area contributed by atoms with E-state index in [1.807, 2.05) is 43.3 Å². The highest BCUT2D eigenvalue weighted by Crippen LogP contribution is 2.29. The molecule has 0 saturated heterocycles. The average molecular weight is 378 g/mol. The number of rotatable bonds is 7. The van der Waals surface area contributed by atoms with E-state index in [0.29, 0.717) is 24.4 Å². The minimum atomic E-state index is -0.223. The summed E-state index contributed by atoms with van der Waals surface area (Å²) >= 11 is 0. The molecule has 3 aromatic rings. The van der Waals surface area contributed by atoms with E-state index in [1.54, 1.807) is 0 Å². The first-order valence-corrected chi connectivity index (χ1v) is 9.38. The number of nitrogen functional groups attached to an aromatic ring is 1. The zero-order chi connectivity index (χ0) is 19.5. The van der Waals surface area contributed by atoms with Crippen LogP contribution in [-0.4, -0.2) is 25.9 Å². The van der Waals surface area contributed by atoms with E-state index in [4.69, 9.17) is 5.73 Å². The number of aromatic nitrogens is 3. The summed E-state index contributed by atoms with van der Waals surface area (Å²) in [6, 6.07) is 15.1. The summed E-state index contributed by atoms with van der Waals surface area (Å²) in [5.41, 5.74) is 9.05. The van der Waals surface area contributed by atoms with Gasteiger partial charge in [0.1, 0.15) is 11.6 Å². The van der Waals surface area contributed by atoms with Gasteiger partial charge in [-0.2, -0.15) is 15.0 Å². The van der Waals surface area contributed by atoms with Crippen molar-refractivity contribution in [1.29, 1.82) is 0 Å². The minimum absolute atomic E-state index is 0.192. The third-order valence-corrected chi connectivity index (χ3v) is 4.71. The average Bonchev–Trinajstić information content (AvgIpc) is 3.50. The molecule has 1 saturated carbocycles. The number of benzene rings is 2. The van der Waals surface area contributed by atoms with Gasteiger partial charge in [0.05, 0.1) is 6.54 Å². The maximum absolute atomic E-state index is 13.2. The fourth-order valence-corrected chi connectivity index (χ4v) is 3.09. The summed E-state index contributed by atoms with van der Waals surface area (Å²) in [6.07, 6.45) is 2.30. The molecular formula is C21H23FN6. The van der Waals surface area contributed by atoms with Crippen molar-refractivity contribution in [2.45, 2.75) is 38.9 Å². The van der Waals surface area contributed by atoms with Crippen LogP contribution < -0.4 is 11.1 Å². The molecule has 0 bridgehead atoms. The Kier molecular flexibility index (Phi) is 5.16. The van der Waals surface area contributed by atoms with Gasteiger partial charge in [-0.05, 0) is 49.6 Å². The molecule has 0 aliphatic heterocycles. The molecule has 1 heterocycles. The van der Waals surface area contributed by atoms with Crippen LogP contribution in [0.4, 0.5) is 22.0 Å². The number of hydrogen-bond donors (Lipinski definition) is 2.